The molecular formula is C17H28N4O2S. The maximum atomic E-state index is 12.5. The molecule has 2 rings (SSSR count). The highest BCUT2D eigenvalue weighted by Gasteiger charge is 2.21. The first-order valence-electron chi connectivity index (χ1n) is 8.86. The lowest BCUT2D eigenvalue weighted by Crippen LogP contribution is -2.48. The molecule has 0 radical (unpaired) electrons. The van der Waals surface area contributed by atoms with Crippen LogP contribution in [0.2, 0.25) is 0 Å². The highest BCUT2D eigenvalue weighted by molar-refractivity contribution is 7.15. The third-order valence-electron chi connectivity index (χ3n) is 4.20. The van der Waals surface area contributed by atoms with Crippen LogP contribution in [0.5, 0.6) is 0 Å². The minimum absolute atomic E-state index is 0.0666. The number of aryl methyl sites for hydroxylation is 1. The van der Waals surface area contributed by atoms with Crippen LogP contribution >= 0.6 is 11.3 Å². The second-order valence-corrected chi connectivity index (χ2v) is 7.62. The van der Waals surface area contributed by atoms with Crippen LogP contribution < -0.4 is 10.6 Å². The first-order chi connectivity index (χ1) is 11.6. The maximum absolute atomic E-state index is 12.5. The van der Waals surface area contributed by atoms with Gasteiger partial charge in [0.05, 0.1) is 0 Å². The second kappa shape index (κ2) is 9.61. The van der Waals surface area contributed by atoms with Crippen LogP contribution in [-0.2, 0) is 4.79 Å². The molecule has 0 aromatic carbocycles. The average Bonchev–Trinajstić information content (AvgIpc) is 2.97. The Morgan fingerprint density at radius 2 is 2.08 bits per heavy atom. The number of urea groups is 1. The minimum atomic E-state index is -0.195. The molecule has 1 aliphatic carbocycles. The standard InChI is InChI=1S/C17H28N4O2S/c1-3-4-10-21(17(23)19-14-8-6-5-7-9-14)12-15(22)20-16-18-11-13(2)24-16/h11,14H,3-10,12H2,1-2H3,(H,19,23)(H,18,20,22). The van der Waals surface area contributed by atoms with E-state index in [9.17, 15) is 9.59 Å². The van der Waals surface area contributed by atoms with E-state index in [0.717, 1.165) is 30.6 Å². The van der Waals surface area contributed by atoms with Crippen LogP contribution in [0.15, 0.2) is 6.20 Å². The molecule has 0 unspecified atom stereocenters. The van der Waals surface area contributed by atoms with Crippen molar-refractivity contribution < 1.29 is 9.59 Å². The normalized spacial score (nSPS) is 15.1. The Morgan fingerprint density at radius 1 is 1.33 bits per heavy atom. The molecule has 0 atom stereocenters. The summed E-state index contributed by atoms with van der Waals surface area (Å²) in [5, 5.41) is 6.45. The van der Waals surface area contributed by atoms with E-state index < -0.39 is 0 Å². The molecule has 1 saturated carbocycles. The van der Waals surface area contributed by atoms with Crippen LogP contribution in [0, 0.1) is 6.92 Å². The van der Waals surface area contributed by atoms with Crippen molar-refractivity contribution in [3.63, 3.8) is 0 Å². The number of amides is 3. The van der Waals surface area contributed by atoms with Crippen molar-refractivity contribution in [2.24, 2.45) is 0 Å². The number of carbonyl (C=O) groups excluding carboxylic acids is 2. The zero-order chi connectivity index (χ0) is 17.4. The summed E-state index contributed by atoms with van der Waals surface area (Å²) in [5.74, 6) is -0.195. The Labute approximate surface area is 148 Å². The van der Waals surface area contributed by atoms with Gasteiger partial charge in [0.1, 0.15) is 6.54 Å². The Morgan fingerprint density at radius 3 is 2.71 bits per heavy atom. The molecule has 1 heterocycles. The number of nitrogens with zero attached hydrogens (tertiary/aromatic N) is 2. The molecule has 24 heavy (non-hydrogen) atoms. The number of hydrogen-bond donors (Lipinski definition) is 2. The summed E-state index contributed by atoms with van der Waals surface area (Å²) in [4.78, 5) is 31.6. The lowest BCUT2D eigenvalue weighted by molar-refractivity contribution is -0.116. The predicted octanol–water partition coefficient (Wildman–Crippen LogP) is 3.53. The van der Waals surface area contributed by atoms with E-state index in [0.29, 0.717) is 11.7 Å². The first kappa shape index (κ1) is 18.7. The van der Waals surface area contributed by atoms with Crippen LogP contribution in [0.3, 0.4) is 0 Å². The summed E-state index contributed by atoms with van der Waals surface area (Å²) in [6.07, 6.45) is 9.28. The quantitative estimate of drug-likeness (QED) is 0.788. The largest absolute Gasteiger partial charge is 0.335 e. The predicted molar refractivity (Wildman–Crippen MR) is 97.4 cm³/mol. The van der Waals surface area contributed by atoms with Gasteiger partial charge in [0.2, 0.25) is 5.91 Å². The number of thiazole rings is 1. The summed E-state index contributed by atoms with van der Waals surface area (Å²) >= 11 is 1.44. The highest BCUT2D eigenvalue weighted by atomic mass is 32.1. The van der Waals surface area contributed by atoms with E-state index >= 15 is 0 Å². The number of nitrogens with one attached hydrogen (secondary N) is 2. The topological polar surface area (TPSA) is 74.3 Å². The third-order valence-corrected chi connectivity index (χ3v) is 5.03. The summed E-state index contributed by atoms with van der Waals surface area (Å²) in [6.45, 7) is 4.69. The lowest BCUT2D eigenvalue weighted by atomic mass is 9.96. The van der Waals surface area contributed by atoms with Gasteiger partial charge in [-0.2, -0.15) is 0 Å². The Bertz CT molecular complexity index is 540. The third kappa shape index (κ3) is 6.11. The Balaban J connectivity index is 1.88. The van der Waals surface area contributed by atoms with Gasteiger partial charge in [0, 0.05) is 23.7 Å². The minimum Gasteiger partial charge on any atom is -0.335 e. The van der Waals surface area contributed by atoms with Gasteiger partial charge >= 0.3 is 6.03 Å². The number of aromatic nitrogens is 1. The number of unbranched alkanes of at least 4 members (excludes halogenated alkanes) is 1. The molecule has 1 aliphatic rings. The zero-order valence-electron chi connectivity index (χ0n) is 14.6. The molecule has 0 aliphatic heterocycles. The molecular weight excluding hydrogens is 324 g/mol. The van der Waals surface area contributed by atoms with Gasteiger partial charge in [-0.05, 0) is 26.2 Å². The molecule has 1 aromatic rings. The molecule has 0 saturated heterocycles. The molecule has 134 valence electrons. The van der Waals surface area contributed by atoms with Crippen LogP contribution in [0.4, 0.5) is 9.93 Å². The SMILES string of the molecule is CCCCN(CC(=O)Nc1ncc(C)s1)C(=O)NC1CCCCC1. The van der Waals surface area contributed by atoms with Crippen molar-refractivity contribution in [3.8, 4) is 0 Å². The van der Waals surface area contributed by atoms with E-state index in [-0.39, 0.29) is 24.5 Å². The van der Waals surface area contributed by atoms with Gasteiger partial charge < -0.3 is 15.5 Å². The summed E-state index contributed by atoms with van der Waals surface area (Å²) < 4.78 is 0. The van der Waals surface area contributed by atoms with Crippen molar-refractivity contribution in [2.75, 3.05) is 18.4 Å². The van der Waals surface area contributed by atoms with Gasteiger partial charge in [-0.1, -0.05) is 32.6 Å². The van der Waals surface area contributed by atoms with Crippen molar-refractivity contribution in [3.05, 3.63) is 11.1 Å². The van der Waals surface area contributed by atoms with E-state index in [1.165, 1.54) is 30.6 Å². The molecule has 1 fully saturated rings. The van der Waals surface area contributed by atoms with E-state index in [1.54, 1.807) is 11.1 Å². The van der Waals surface area contributed by atoms with Crippen LogP contribution in [0.1, 0.15) is 56.7 Å². The monoisotopic (exact) mass is 352 g/mol. The molecule has 6 nitrogen and oxygen atoms in total. The van der Waals surface area contributed by atoms with Crippen molar-refractivity contribution in [2.45, 2.75) is 64.8 Å². The van der Waals surface area contributed by atoms with Gasteiger partial charge in [0.15, 0.2) is 5.13 Å². The van der Waals surface area contributed by atoms with Crippen molar-refractivity contribution in [1.82, 2.24) is 15.2 Å². The first-order valence-corrected chi connectivity index (χ1v) is 9.68. The summed E-state index contributed by atoms with van der Waals surface area (Å²) in [5.41, 5.74) is 0. The van der Waals surface area contributed by atoms with Crippen molar-refractivity contribution >= 4 is 28.4 Å². The fraction of sp³-hybridized carbons (Fsp3) is 0.706. The van der Waals surface area contributed by atoms with Crippen molar-refractivity contribution in [1.29, 1.82) is 0 Å². The lowest BCUT2D eigenvalue weighted by Gasteiger charge is -2.28. The smallest absolute Gasteiger partial charge is 0.318 e. The molecule has 0 bridgehead atoms. The highest BCUT2D eigenvalue weighted by Crippen LogP contribution is 2.18. The number of carbonyl (C=O) groups is 2. The maximum Gasteiger partial charge on any atom is 0.318 e. The molecule has 3 amide bonds. The summed E-state index contributed by atoms with van der Waals surface area (Å²) in [7, 11) is 0. The molecule has 2 N–H and O–H groups in total. The van der Waals surface area contributed by atoms with E-state index in [4.69, 9.17) is 0 Å². The molecule has 0 spiro atoms. The van der Waals surface area contributed by atoms with E-state index in [2.05, 4.69) is 22.5 Å². The van der Waals surface area contributed by atoms with E-state index in [1.807, 2.05) is 6.92 Å². The van der Waals surface area contributed by atoms with Gasteiger partial charge in [-0.15, -0.1) is 11.3 Å². The van der Waals surface area contributed by atoms with Crippen LogP contribution in [-0.4, -0.2) is 41.0 Å². The van der Waals surface area contributed by atoms with Gasteiger partial charge in [-0.3, -0.25) is 4.79 Å². The van der Waals surface area contributed by atoms with Crippen LogP contribution in [0.25, 0.3) is 0 Å². The Hall–Kier alpha value is -1.63. The fourth-order valence-electron chi connectivity index (χ4n) is 2.86. The molecule has 1 aromatic heterocycles. The van der Waals surface area contributed by atoms with Gasteiger partial charge in [-0.25, -0.2) is 9.78 Å². The fourth-order valence-corrected chi connectivity index (χ4v) is 3.54. The van der Waals surface area contributed by atoms with Gasteiger partial charge in [0.25, 0.3) is 0 Å². The molecule has 7 heteroatoms. The Kier molecular flexibility index (Phi) is 7.49. The summed E-state index contributed by atoms with van der Waals surface area (Å²) in [6, 6.07) is 0.126. The number of anilines is 1. The number of rotatable bonds is 7. The number of hydrogen-bond acceptors (Lipinski definition) is 4. The zero-order valence-corrected chi connectivity index (χ0v) is 15.5. The second-order valence-electron chi connectivity index (χ2n) is 6.38. The average molecular weight is 353 g/mol.